The lowest BCUT2D eigenvalue weighted by Gasteiger charge is -2.08. The molecule has 0 radical (unpaired) electrons. The molecule has 2 heterocycles. The standard InChI is InChI=1S/C15H12N4OS2/c1-9(7-16)22-15-18-13-12(14(20)19(15)17)11(8-21-13)10-5-3-2-4-6-10/h2-6,8-9H,17H2,1H3. The molecule has 2 N–H and O–H groups in total. The molecule has 0 aliphatic carbocycles. The molecule has 0 aliphatic rings. The van der Waals surface area contributed by atoms with Crippen molar-refractivity contribution in [3.05, 3.63) is 46.1 Å². The van der Waals surface area contributed by atoms with Crippen LogP contribution in [0.4, 0.5) is 0 Å². The monoisotopic (exact) mass is 328 g/mol. The number of fused-ring (bicyclic) bond motifs is 1. The van der Waals surface area contributed by atoms with E-state index in [9.17, 15) is 4.79 Å². The fourth-order valence-corrected chi connectivity index (χ4v) is 3.79. The van der Waals surface area contributed by atoms with Crippen molar-refractivity contribution >= 4 is 33.3 Å². The summed E-state index contributed by atoms with van der Waals surface area (Å²) in [4.78, 5) is 17.7. The van der Waals surface area contributed by atoms with E-state index in [0.717, 1.165) is 15.8 Å². The van der Waals surface area contributed by atoms with Crippen molar-refractivity contribution in [1.29, 1.82) is 5.26 Å². The van der Waals surface area contributed by atoms with E-state index in [0.29, 0.717) is 15.4 Å². The predicted molar refractivity (Wildman–Crippen MR) is 90.4 cm³/mol. The molecular formula is C15H12N4OS2. The number of nitrogens with zero attached hydrogens (tertiary/aromatic N) is 3. The summed E-state index contributed by atoms with van der Waals surface area (Å²) in [6, 6.07) is 11.8. The number of nitrogen functional groups attached to an aromatic ring is 1. The molecule has 1 aromatic carbocycles. The number of hydrogen-bond donors (Lipinski definition) is 1. The fourth-order valence-electron chi connectivity index (χ4n) is 2.08. The van der Waals surface area contributed by atoms with Crippen molar-refractivity contribution < 1.29 is 0 Å². The van der Waals surface area contributed by atoms with Crippen molar-refractivity contribution in [1.82, 2.24) is 9.66 Å². The lowest BCUT2D eigenvalue weighted by atomic mass is 10.1. The molecule has 1 unspecified atom stereocenters. The Balaban J connectivity index is 2.20. The second-order valence-corrected chi connectivity index (χ2v) is 6.82. The first-order valence-corrected chi connectivity index (χ1v) is 8.28. The van der Waals surface area contributed by atoms with E-state index < -0.39 is 0 Å². The lowest BCUT2D eigenvalue weighted by molar-refractivity contribution is 0.781. The molecular weight excluding hydrogens is 316 g/mol. The van der Waals surface area contributed by atoms with Gasteiger partial charge in [0, 0.05) is 10.9 Å². The second-order valence-electron chi connectivity index (χ2n) is 4.65. The number of thiophene rings is 1. The maximum absolute atomic E-state index is 12.6. The SMILES string of the molecule is CC(C#N)Sc1nc2scc(-c3ccccc3)c2c(=O)n1N. The van der Waals surface area contributed by atoms with E-state index in [1.165, 1.54) is 23.1 Å². The molecule has 3 aromatic rings. The molecule has 3 rings (SSSR count). The number of rotatable bonds is 3. The number of benzene rings is 1. The minimum atomic E-state index is -0.326. The van der Waals surface area contributed by atoms with Crippen molar-refractivity contribution in [2.45, 2.75) is 17.3 Å². The molecule has 1 atom stereocenters. The molecule has 110 valence electrons. The maximum Gasteiger partial charge on any atom is 0.282 e. The molecule has 5 nitrogen and oxygen atoms in total. The molecule has 0 aliphatic heterocycles. The molecule has 22 heavy (non-hydrogen) atoms. The zero-order valence-corrected chi connectivity index (χ0v) is 13.3. The predicted octanol–water partition coefficient (Wildman–Crippen LogP) is 2.84. The summed E-state index contributed by atoms with van der Waals surface area (Å²) in [6.45, 7) is 1.74. The van der Waals surface area contributed by atoms with Crippen LogP contribution in [0.3, 0.4) is 0 Å². The minimum Gasteiger partial charge on any atom is -0.334 e. The van der Waals surface area contributed by atoms with Crippen LogP contribution < -0.4 is 11.4 Å². The average molecular weight is 328 g/mol. The third-order valence-corrected chi connectivity index (χ3v) is 4.99. The molecule has 0 fully saturated rings. The van der Waals surface area contributed by atoms with Gasteiger partial charge in [0.2, 0.25) is 0 Å². The van der Waals surface area contributed by atoms with Crippen LogP contribution in [-0.4, -0.2) is 14.9 Å². The summed E-state index contributed by atoms with van der Waals surface area (Å²) < 4.78 is 1.03. The first kappa shape index (κ1) is 14.6. The largest absolute Gasteiger partial charge is 0.334 e. The zero-order valence-electron chi connectivity index (χ0n) is 11.7. The van der Waals surface area contributed by atoms with Gasteiger partial charge in [-0.15, -0.1) is 11.3 Å². The van der Waals surface area contributed by atoms with Crippen molar-refractivity contribution in [2.24, 2.45) is 0 Å². The van der Waals surface area contributed by atoms with Crippen LogP contribution in [0, 0.1) is 11.3 Å². The van der Waals surface area contributed by atoms with Gasteiger partial charge in [-0.3, -0.25) is 4.79 Å². The third-order valence-electron chi connectivity index (χ3n) is 3.16. The summed E-state index contributed by atoms with van der Waals surface area (Å²) in [6.07, 6.45) is 0. The van der Waals surface area contributed by atoms with Crippen LogP contribution in [0.2, 0.25) is 0 Å². The summed E-state index contributed by atoms with van der Waals surface area (Å²) in [5.74, 6) is 5.87. The fraction of sp³-hybridized carbons (Fsp3) is 0.133. The number of nitrogens with two attached hydrogens (primary N) is 1. The molecule has 0 saturated carbocycles. The van der Waals surface area contributed by atoms with E-state index in [1.807, 2.05) is 35.7 Å². The Labute approximate surface area is 135 Å². The van der Waals surface area contributed by atoms with E-state index in [1.54, 1.807) is 6.92 Å². The van der Waals surface area contributed by atoms with Gasteiger partial charge in [0.1, 0.15) is 4.83 Å². The summed E-state index contributed by atoms with van der Waals surface area (Å²) in [5.41, 5.74) is 1.50. The number of nitriles is 1. The molecule has 7 heteroatoms. The molecule has 0 amide bonds. The summed E-state index contributed by atoms with van der Waals surface area (Å²) >= 11 is 2.58. The van der Waals surface area contributed by atoms with Gasteiger partial charge in [-0.25, -0.2) is 9.66 Å². The van der Waals surface area contributed by atoms with Gasteiger partial charge >= 0.3 is 0 Å². The highest BCUT2D eigenvalue weighted by Crippen LogP contribution is 2.32. The first-order chi connectivity index (χ1) is 10.6. The maximum atomic E-state index is 12.6. The highest BCUT2D eigenvalue weighted by Gasteiger charge is 2.17. The van der Waals surface area contributed by atoms with Crippen LogP contribution in [0.15, 0.2) is 45.7 Å². The van der Waals surface area contributed by atoms with Crippen molar-refractivity contribution in [2.75, 3.05) is 5.84 Å². The van der Waals surface area contributed by atoms with E-state index in [2.05, 4.69) is 11.1 Å². The van der Waals surface area contributed by atoms with Gasteiger partial charge in [-0.2, -0.15) is 5.26 Å². The Hall–Kier alpha value is -2.30. The van der Waals surface area contributed by atoms with E-state index in [-0.39, 0.29) is 10.8 Å². The van der Waals surface area contributed by atoms with E-state index >= 15 is 0 Å². The zero-order chi connectivity index (χ0) is 15.7. The Morgan fingerprint density at radius 3 is 2.82 bits per heavy atom. The van der Waals surface area contributed by atoms with Gasteiger partial charge < -0.3 is 5.84 Å². The molecule has 0 spiro atoms. The van der Waals surface area contributed by atoms with Crippen LogP contribution in [0.25, 0.3) is 21.3 Å². The number of hydrogen-bond acceptors (Lipinski definition) is 6. The molecule has 0 bridgehead atoms. The highest BCUT2D eigenvalue weighted by atomic mass is 32.2. The quantitative estimate of drug-likeness (QED) is 0.454. The van der Waals surface area contributed by atoms with Gasteiger partial charge in [0.15, 0.2) is 5.16 Å². The van der Waals surface area contributed by atoms with Gasteiger partial charge in [0.25, 0.3) is 5.56 Å². The van der Waals surface area contributed by atoms with Gasteiger partial charge in [-0.1, -0.05) is 42.1 Å². The van der Waals surface area contributed by atoms with Crippen LogP contribution >= 0.6 is 23.1 Å². The normalized spacial score (nSPS) is 12.2. The first-order valence-electron chi connectivity index (χ1n) is 6.53. The number of aromatic nitrogens is 2. The minimum absolute atomic E-state index is 0.294. The Bertz CT molecular complexity index is 924. The number of thioether (sulfide) groups is 1. The van der Waals surface area contributed by atoms with Crippen LogP contribution in [0.1, 0.15) is 6.92 Å². The Morgan fingerprint density at radius 1 is 1.41 bits per heavy atom. The third kappa shape index (κ3) is 2.47. The van der Waals surface area contributed by atoms with Crippen LogP contribution in [0.5, 0.6) is 0 Å². The Morgan fingerprint density at radius 2 is 2.14 bits per heavy atom. The smallest absolute Gasteiger partial charge is 0.282 e. The van der Waals surface area contributed by atoms with Crippen molar-refractivity contribution in [3.63, 3.8) is 0 Å². The highest BCUT2D eigenvalue weighted by molar-refractivity contribution is 8.00. The molecule has 2 aromatic heterocycles. The summed E-state index contributed by atoms with van der Waals surface area (Å²) in [7, 11) is 0. The second kappa shape index (κ2) is 5.83. The van der Waals surface area contributed by atoms with Crippen molar-refractivity contribution in [3.8, 4) is 17.2 Å². The van der Waals surface area contributed by atoms with E-state index in [4.69, 9.17) is 11.1 Å². The topological polar surface area (TPSA) is 84.7 Å². The van der Waals surface area contributed by atoms with Gasteiger partial charge in [-0.05, 0) is 12.5 Å². The summed E-state index contributed by atoms with van der Waals surface area (Å²) in [5, 5.41) is 11.4. The van der Waals surface area contributed by atoms with Crippen LogP contribution in [-0.2, 0) is 0 Å². The Kier molecular flexibility index (Phi) is 3.88. The van der Waals surface area contributed by atoms with Gasteiger partial charge in [0.05, 0.1) is 16.7 Å². The molecule has 0 saturated heterocycles. The lowest BCUT2D eigenvalue weighted by Crippen LogP contribution is -2.30. The average Bonchev–Trinajstić information content (AvgIpc) is 2.97.